The van der Waals surface area contributed by atoms with E-state index in [2.05, 4.69) is 5.32 Å². The van der Waals surface area contributed by atoms with Crippen LogP contribution in [0.25, 0.3) is 0 Å². The van der Waals surface area contributed by atoms with Crippen LogP contribution in [0, 0.1) is 5.82 Å². The lowest BCUT2D eigenvalue weighted by molar-refractivity contribution is 0.0927. The summed E-state index contributed by atoms with van der Waals surface area (Å²) >= 11 is 0. The first-order valence-corrected chi connectivity index (χ1v) is 7.68. The summed E-state index contributed by atoms with van der Waals surface area (Å²) in [4.78, 5) is 13.3. The van der Waals surface area contributed by atoms with Gasteiger partial charge in [0.15, 0.2) is 0 Å². The average Bonchev–Trinajstić information content (AvgIpc) is 2.54. The minimum absolute atomic E-state index is 0.141. The number of carbonyl (C=O) groups is 1. The fourth-order valence-corrected chi connectivity index (χ4v) is 2.73. The van der Waals surface area contributed by atoms with E-state index in [-0.39, 0.29) is 24.6 Å². The normalized spacial score (nSPS) is 17.3. The summed E-state index contributed by atoms with van der Waals surface area (Å²) < 4.78 is 18.8. The maximum absolute atomic E-state index is 13.8. The van der Waals surface area contributed by atoms with Crippen LogP contribution >= 0.6 is 0 Å². The Morgan fingerprint density at radius 2 is 2.14 bits per heavy atom. The van der Waals surface area contributed by atoms with Gasteiger partial charge in [0.05, 0.1) is 19.3 Å². The maximum Gasteiger partial charge on any atom is 0.409 e. The molecule has 0 aliphatic carbocycles. The molecule has 1 aliphatic heterocycles. The van der Waals surface area contributed by atoms with E-state index in [9.17, 15) is 14.3 Å². The molecule has 0 spiro atoms. The summed E-state index contributed by atoms with van der Waals surface area (Å²) in [6.45, 7) is 3.19. The van der Waals surface area contributed by atoms with Crippen molar-refractivity contribution in [2.45, 2.75) is 31.8 Å². The van der Waals surface area contributed by atoms with Crippen LogP contribution in [0.15, 0.2) is 24.3 Å². The highest BCUT2D eigenvalue weighted by Crippen LogP contribution is 2.20. The molecular formula is C16H23FN2O3. The Morgan fingerprint density at radius 1 is 1.45 bits per heavy atom. The summed E-state index contributed by atoms with van der Waals surface area (Å²) in [6.07, 6.45) is 1.22. The van der Waals surface area contributed by atoms with Crippen molar-refractivity contribution in [3.05, 3.63) is 35.6 Å². The predicted molar refractivity (Wildman–Crippen MR) is 81.0 cm³/mol. The van der Waals surface area contributed by atoms with Crippen LogP contribution < -0.4 is 5.32 Å². The number of carbonyl (C=O) groups excluding carboxylic acids is 1. The van der Waals surface area contributed by atoms with Gasteiger partial charge in [0, 0.05) is 24.7 Å². The van der Waals surface area contributed by atoms with Crippen LogP contribution in [-0.4, -0.2) is 48.4 Å². The number of hydrogen-bond acceptors (Lipinski definition) is 4. The molecule has 1 saturated heterocycles. The van der Waals surface area contributed by atoms with Crippen LogP contribution in [0.5, 0.6) is 0 Å². The van der Waals surface area contributed by atoms with Crippen LogP contribution in [0.1, 0.15) is 31.4 Å². The third-order valence-electron chi connectivity index (χ3n) is 3.92. The van der Waals surface area contributed by atoms with Crippen LogP contribution in [0.3, 0.4) is 0 Å². The van der Waals surface area contributed by atoms with Crippen molar-refractivity contribution in [1.82, 2.24) is 10.2 Å². The molecule has 0 aromatic heterocycles. The Balaban J connectivity index is 1.89. The number of benzene rings is 1. The van der Waals surface area contributed by atoms with Gasteiger partial charge in [0.25, 0.3) is 0 Å². The van der Waals surface area contributed by atoms with Crippen molar-refractivity contribution in [3.8, 4) is 0 Å². The first-order valence-electron chi connectivity index (χ1n) is 7.68. The Morgan fingerprint density at radius 3 is 2.73 bits per heavy atom. The summed E-state index contributed by atoms with van der Waals surface area (Å²) in [5.41, 5.74) is 0.470. The molecule has 122 valence electrons. The van der Waals surface area contributed by atoms with Crippen molar-refractivity contribution in [3.63, 3.8) is 0 Å². The van der Waals surface area contributed by atoms with Gasteiger partial charge in [-0.1, -0.05) is 18.2 Å². The Kier molecular flexibility index (Phi) is 6.15. The Hall–Kier alpha value is -1.66. The summed E-state index contributed by atoms with van der Waals surface area (Å²) in [5.74, 6) is -0.321. The lowest BCUT2D eigenvalue weighted by atomic mass is 10.0. The van der Waals surface area contributed by atoms with Gasteiger partial charge < -0.3 is 20.1 Å². The molecule has 2 rings (SSSR count). The largest absolute Gasteiger partial charge is 0.450 e. The molecule has 5 nitrogen and oxygen atoms in total. The number of piperidine rings is 1. The van der Waals surface area contributed by atoms with Crippen molar-refractivity contribution in [1.29, 1.82) is 0 Å². The van der Waals surface area contributed by atoms with Crippen LogP contribution in [-0.2, 0) is 4.74 Å². The molecule has 1 aromatic carbocycles. The molecular weight excluding hydrogens is 287 g/mol. The zero-order valence-corrected chi connectivity index (χ0v) is 12.8. The molecule has 6 heteroatoms. The lowest BCUT2D eigenvalue weighted by Gasteiger charge is -2.33. The minimum atomic E-state index is -0.430. The van der Waals surface area contributed by atoms with Gasteiger partial charge >= 0.3 is 6.09 Å². The Bertz CT molecular complexity index is 490. The highest BCUT2D eigenvalue weighted by Gasteiger charge is 2.26. The number of hydrogen-bond donors (Lipinski definition) is 2. The van der Waals surface area contributed by atoms with Crippen molar-refractivity contribution >= 4 is 6.09 Å². The molecule has 1 fully saturated rings. The van der Waals surface area contributed by atoms with Gasteiger partial charge in [-0.15, -0.1) is 0 Å². The van der Waals surface area contributed by atoms with Crippen LogP contribution in [0.4, 0.5) is 9.18 Å². The third-order valence-corrected chi connectivity index (χ3v) is 3.92. The number of likely N-dealkylation sites (tertiary alicyclic amines) is 1. The van der Waals surface area contributed by atoms with Gasteiger partial charge in [-0.3, -0.25) is 0 Å². The molecule has 0 bridgehead atoms. The van der Waals surface area contributed by atoms with E-state index >= 15 is 0 Å². The van der Waals surface area contributed by atoms with E-state index in [0.717, 1.165) is 12.8 Å². The highest BCUT2D eigenvalue weighted by atomic mass is 19.1. The summed E-state index contributed by atoms with van der Waals surface area (Å²) in [5, 5.41) is 12.8. The van der Waals surface area contributed by atoms with Crippen molar-refractivity contribution < 1.29 is 19.0 Å². The summed E-state index contributed by atoms with van der Waals surface area (Å²) in [7, 11) is 0. The topological polar surface area (TPSA) is 61.8 Å². The van der Waals surface area contributed by atoms with Crippen molar-refractivity contribution in [2.75, 3.05) is 26.3 Å². The zero-order chi connectivity index (χ0) is 15.9. The molecule has 2 N–H and O–H groups in total. The van der Waals surface area contributed by atoms with Crippen LogP contribution in [0.2, 0.25) is 0 Å². The second-order valence-electron chi connectivity index (χ2n) is 5.38. The van der Waals surface area contributed by atoms with Gasteiger partial charge in [-0.05, 0) is 25.8 Å². The lowest BCUT2D eigenvalue weighted by Crippen LogP contribution is -2.46. The SMILES string of the molecule is CCOC(=O)N1CCC(N[C@H](CO)c2ccccc2F)CC1. The van der Waals surface area contributed by atoms with Gasteiger partial charge in [0.2, 0.25) is 0 Å². The molecule has 1 aromatic rings. The highest BCUT2D eigenvalue weighted by molar-refractivity contribution is 5.67. The number of halogens is 1. The average molecular weight is 310 g/mol. The number of amides is 1. The zero-order valence-electron chi connectivity index (χ0n) is 12.8. The summed E-state index contributed by atoms with van der Waals surface area (Å²) in [6, 6.07) is 6.17. The first kappa shape index (κ1) is 16.7. The monoisotopic (exact) mass is 310 g/mol. The van der Waals surface area contributed by atoms with E-state index in [1.54, 1.807) is 30.0 Å². The number of aliphatic hydroxyl groups excluding tert-OH is 1. The van der Waals surface area contributed by atoms with E-state index in [1.165, 1.54) is 6.07 Å². The van der Waals surface area contributed by atoms with Gasteiger partial charge in [-0.25, -0.2) is 9.18 Å². The first-order chi connectivity index (χ1) is 10.7. The quantitative estimate of drug-likeness (QED) is 0.874. The molecule has 1 aliphatic rings. The number of rotatable bonds is 5. The predicted octanol–water partition coefficient (Wildman–Crippen LogP) is 2.07. The maximum atomic E-state index is 13.8. The number of nitrogens with one attached hydrogen (secondary N) is 1. The van der Waals surface area contributed by atoms with E-state index in [1.807, 2.05) is 0 Å². The van der Waals surface area contributed by atoms with Gasteiger partial charge in [-0.2, -0.15) is 0 Å². The number of ether oxygens (including phenoxy) is 1. The fourth-order valence-electron chi connectivity index (χ4n) is 2.73. The van der Waals surface area contributed by atoms with Crippen molar-refractivity contribution in [2.24, 2.45) is 0 Å². The molecule has 0 saturated carbocycles. The smallest absolute Gasteiger partial charge is 0.409 e. The minimum Gasteiger partial charge on any atom is -0.450 e. The second-order valence-corrected chi connectivity index (χ2v) is 5.38. The number of aliphatic hydroxyl groups is 1. The molecule has 0 unspecified atom stereocenters. The number of nitrogens with zero attached hydrogens (tertiary/aromatic N) is 1. The van der Waals surface area contributed by atoms with Gasteiger partial charge in [0.1, 0.15) is 5.82 Å². The van der Waals surface area contributed by atoms with E-state index in [0.29, 0.717) is 25.3 Å². The standard InChI is InChI=1S/C16H23FN2O3/c1-2-22-16(21)19-9-7-12(8-10-19)18-15(11-20)13-5-3-4-6-14(13)17/h3-6,12,15,18,20H,2,7-11H2,1H3/t15-/m1/s1. The molecule has 22 heavy (non-hydrogen) atoms. The fraction of sp³-hybridized carbons (Fsp3) is 0.562. The molecule has 1 atom stereocenters. The molecule has 1 amide bonds. The Labute approximate surface area is 130 Å². The third kappa shape index (κ3) is 4.18. The molecule has 0 radical (unpaired) electrons. The van der Waals surface area contributed by atoms with E-state index in [4.69, 9.17) is 4.74 Å². The van der Waals surface area contributed by atoms with E-state index < -0.39 is 6.04 Å². The second kappa shape index (κ2) is 8.10. The molecule has 1 heterocycles.